The number of rotatable bonds is 8. The predicted octanol–water partition coefficient (Wildman–Crippen LogP) is 3.53. The third-order valence-electron chi connectivity index (χ3n) is 5.59. The average Bonchev–Trinajstić information content (AvgIpc) is 3.14. The highest BCUT2D eigenvalue weighted by atomic mass is 16.2. The number of nitrogens with zero attached hydrogens (tertiary/aromatic N) is 1. The van der Waals surface area contributed by atoms with Gasteiger partial charge in [-0.05, 0) is 42.9 Å². The van der Waals surface area contributed by atoms with E-state index >= 15 is 0 Å². The van der Waals surface area contributed by atoms with E-state index in [2.05, 4.69) is 53.6 Å². The molecule has 2 amide bonds. The summed E-state index contributed by atoms with van der Waals surface area (Å²) in [6, 6.07) is 17.4. The molecule has 2 atom stereocenters. The van der Waals surface area contributed by atoms with E-state index in [-0.39, 0.29) is 17.9 Å². The fourth-order valence-corrected chi connectivity index (χ4v) is 4.00. The minimum absolute atomic E-state index is 0.0859. The summed E-state index contributed by atoms with van der Waals surface area (Å²) in [4.78, 5) is 28.1. The van der Waals surface area contributed by atoms with Crippen LogP contribution in [0.1, 0.15) is 48.2 Å². The van der Waals surface area contributed by atoms with Gasteiger partial charge in [0.2, 0.25) is 5.91 Å². The summed E-state index contributed by atoms with van der Waals surface area (Å²) >= 11 is 0. The first-order valence-electron chi connectivity index (χ1n) is 10.9. The van der Waals surface area contributed by atoms with Crippen LogP contribution in [0.25, 0.3) is 0 Å². The lowest BCUT2D eigenvalue weighted by molar-refractivity contribution is -0.124. The van der Waals surface area contributed by atoms with Gasteiger partial charge < -0.3 is 10.6 Å². The molecule has 2 aromatic rings. The summed E-state index contributed by atoms with van der Waals surface area (Å²) in [5.74, 6) is 0.0271. The van der Waals surface area contributed by atoms with Crippen LogP contribution in [0.5, 0.6) is 0 Å². The molecule has 1 aliphatic heterocycles. The van der Waals surface area contributed by atoms with Gasteiger partial charge in [0.1, 0.15) is 6.04 Å². The van der Waals surface area contributed by atoms with Gasteiger partial charge in [0.15, 0.2) is 0 Å². The minimum atomic E-state index is -0.528. The van der Waals surface area contributed by atoms with E-state index in [9.17, 15) is 9.59 Å². The quantitative estimate of drug-likeness (QED) is 0.704. The molecule has 30 heavy (non-hydrogen) atoms. The SMILES string of the molecule is Cc1ccccc1C(=O)NC(CC(C)C)C(=O)NC1CCN(Cc2ccccc2)C1. The Balaban J connectivity index is 1.57. The van der Waals surface area contributed by atoms with E-state index < -0.39 is 6.04 Å². The van der Waals surface area contributed by atoms with Crippen LogP contribution in [0.2, 0.25) is 0 Å². The topological polar surface area (TPSA) is 61.4 Å². The van der Waals surface area contributed by atoms with E-state index in [0.29, 0.717) is 17.9 Å². The molecule has 0 aromatic heterocycles. The summed E-state index contributed by atoms with van der Waals surface area (Å²) in [6.45, 7) is 8.73. The van der Waals surface area contributed by atoms with Crippen molar-refractivity contribution in [2.75, 3.05) is 13.1 Å². The Hall–Kier alpha value is -2.66. The lowest BCUT2D eigenvalue weighted by Crippen LogP contribution is -2.50. The van der Waals surface area contributed by atoms with Crippen LogP contribution in [-0.4, -0.2) is 41.9 Å². The van der Waals surface area contributed by atoms with Gasteiger partial charge in [-0.3, -0.25) is 14.5 Å². The molecule has 0 radical (unpaired) electrons. The molecule has 1 fully saturated rings. The van der Waals surface area contributed by atoms with Crippen LogP contribution in [0, 0.1) is 12.8 Å². The third-order valence-corrected chi connectivity index (χ3v) is 5.59. The van der Waals surface area contributed by atoms with Crippen molar-refractivity contribution in [3.63, 3.8) is 0 Å². The monoisotopic (exact) mass is 407 g/mol. The molecule has 2 aromatic carbocycles. The van der Waals surface area contributed by atoms with Crippen LogP contribution in [-0.2, 0) is 11.3 Å². The van der Waals surface area contributed by atoms with Crippen LogP contribution in [0.3, 0.4) is 0 Å². The second-order valence-electron chi connectivity index (χ2n) is 8.69. The maximum atomic E-state index is 13.0. The van der Waals surface area contributed by atoms with E-state index in [1.54, 1.807) is 6.07 Å². The van der Waals surface area contributed by atoms with Crippen LogP contribution in [0.15, 0.2) is 54.6 Å². The third kappa shape index (κ3) is 6.17. The van der Waals surface area contributed by atoms with Crippen molar-refractivity contribution in [1.29, 1.82) is 0 Å². The lowest BCUT2D eigenvalue weighted by Gasteiger charge is -2.23. The number of benzene rings is 2. The first-order valence-corrected chi connectivity index (χ1v) is 10.9. The zero-order chi connectivity index (χ0) is 21.5. The summed E-state index contributed by atoms with van der Waals surface area (Å²) in [7, 11) is 0. The Morgan fingerprint density at radius 1 is 1.07 bits per heavy atom. The van der Waals surface area contributed by atoms with Gasteiger partial charge in [0.25, 0.3) is 5.91 Å². The van der Waals surface area contributed by atoms with Gasteiger partial charge in [-0.2, -0.15) is 0 Å². The predicted molar refractivity (Wildman–Crippen MR) is 120 cm³/mol. The van der Waals surface area contributed by atoms with Crippen molar-refractivity contribution in [3.8, 4) is 0 Å². The summed E-state index contributed by atoms with van der Waals surface area (Å²) < 4.78 is 0. The second kappa shape index (κ2) is 10.4. The molecular weight excluding hydrogens is 374 g/mol. The van der Waals surface area contributed by atoms with Crippen molar-refractivity contribution in [1.82, 2.24) is 15.5 Å². The number of carbonyl (C=O) groups excluding carboxylic acids is 2. The van der Waals surface area contributed by atoms with Crippen molar-refractivity contribution in [2.24, 2.45) is 5.92 Å². The number of hydrogen-bond donors (Lipinski definition) is 2. The number of carbonyl (C=O) groups is 2. The van der Waals surface area contributed by atoms with Crippen LogP contribution >= 0.6 is 0 Å². The Labute approximate surface area is 179 Å². The molecule has 0 aliphatic carbocycles. The van der Waals surface area contributed by atoms with Crippen LogP contribution in [0.4, 0.5) is 0 Å². The van der Waals surface area contributed by atoms with Crippen molar-refractivity contribution in [3.05, 3.63) is 71.3 Å². The zero-order valence-corrected chi connectivity index (χ0v) is 18.2. The number of amides is 2. The summed E-state index contributed by atoms with van der Waals surface area (Å²) in [6.07, 6.45) is 1.54. The highest BCUT2D eigenvalue weighted by Crippen LogP contribution is 2.15. The molecule has 0 spiro atoms. The average molecular weight is 408 g/mol. The van der Waals surface area contributed by atoms with Gasteiger partial charge in [-0.25, -0.2) is 0 Å². The molecule has 5 heteroatoms. The van der Waals surface area contributed by atoms with Gasteiger partial charge in [-0.15, -0.1) is 0 Å². The molecule has 160 valence electrons. The first-order chi connectivity index (χ1) is 14.4. The maximum Gasteiger partial charge on any atom is 0.252 e. The number of hydrogen-bond acceptors (Lipinski definition) is 3. The molecular formula is C25H33N3O2. The lowest BCUT2D eigenvalue weighted by atomic mass is 10.0. The highest BCUT2D eigenvalue weighted by Gasteiger charge is 2.28. The summed E-state index contributed by atoms with van der Waals surface area (Å²) in [5, 5.41) is 6.14. The maximum absolute atomic E-state index is 13.0. The van der Waals surface area contributed by atoms with Gasteiger partial charge in [0, 0.05) is 31.2 Å². The molecule has 1 heterocycles. The minimum Gasteiger partial charge on any atom is -0.350 e. The molecule has 2 unspecified atom stereocenters. The zero-order valence-electron chi connectivity index (χ0n) is 18.2. The fourth-order valence-electron chi connectivity index (χ4n) is 4.00. The van der Waals surface area contributed by atoms with Crippen molar-refractivity contribution < 1.29 is 9.59 Å². The molecule has 0 saturated carbocycles. The van der Waals surface area contributed by atoms with E-state index in [0.717, 1.165) is 31.6 Å². The Morgan fingerprint density at radius 3 is 2.47 bits per heavy atom. The van der Waals surface area contributed by atoms with Crippen LogP contribution < -0.4 is 10.6 Å². The smallest absolute Gasteiger partial charge is 0.252 e. The molecule has 0 bridgehead atoms. The Morgan fingerprint density at radius 2 is 1.77 bits per heavy atom. The van der Waals surface area contributed by atoms with Crippen molar-refractivity contribution >= 4 is 11.8 Å². The fraction of sp³-hybridized carbons (Fsp3) is 0.440. The molecule has 1 saturated heterocycles. The van der Waals surface area contributed by atoms with Gasteiger partial charge in [-0.1, -0.05) is 62.4 Å². The highest BCUT2D eigenvalue weighted by molar-refractivity contribution is 5.98. The van der Waals surface area contributed by atoms with E-state index in [1.807, 2.05) is 31.2 Å². The normalized spacial score (nSPS) is 17.7. The molecule has 5 nitrogen and oxygen atoms in total. The molecule has 2 N–H and O–H groups in total. The summed E-state index contributed by atoms with van der Waals surface area (Å²) in [5.41, 5.74) is 2.81. The number of nitrogens with one attached hydrogen (secondary N) is 2. The largest absolute Gasteiger partial charge is 0.350 e. The molecule has 3 rings (SSSR count). The molecule has 1 aliphatic rings. The standard InChI is InChI=1S/C25H33N3O2/c1-18(2)15-23(27-24(29)22-12-8-7-9-19(22)3)25(30)26-21-13-14-28(17-21)16-20-10-5-4-6-11-20/h4-12,18,21,23H,13-17H2,1-3H3,(H,26,30)(H,27,29). The van der Waals surface area contributed by atoms with E-state index in [4.69, 9.17) is 0 Å². The van der Waals surface area contributed by atoms with Gasteiger partial charge >= 0.3 is 0 Å². The van der Waals surface area contributed by atoms with E-state index in [1.165, 1.54) is 5.56 Å². The Kier molecular flexibility index (Phi) is 7.63. The van der Waals surface area contributed by atoms with Gasteiger partial charge in [0.05, 0.1) is 0 Å². The first kappa shape index (κ1) is 22.0. The number of likely N-dealkylation sites (tertiary alicyclic amines) is 1. The van der Waals surface area contributed by atoms with Crippen molar-refractivity contribution in [2.45, 2.75) is 52.2 Å². The Bertz CT molecular complexity index is 850. The number of aryl methyl sites for hydroxylation is 1. The second-order valence-corrected chi connectivity index (χ2v) is 8.69.